The molecule has 1 aromatic rings. The van der Waals surface area contributed by atoms with Crippen LogP contribution in [0.15, 0.2) is 24.3 Å². The van der Waals surface area contributed by atoms with Crippen molar-refractivity contribution in [1.82, 2.24) is 0 Å². The third-order valence-corrected chi connectivity index (χ3v) is 2.54. The van der Waals surface area contributed by atoms with Crippen LogP contribution < -0.4 is 0 Å². The minimum Gasteiger partial charge on any atom is -0.281 e. The first kappa shape index (κ1) is 12.2. The van der Waals surface area contributed by atoms with Crippen LogP contribution in [-0.2, 0) is 4.79 Å². The van der Waals surface area contributed by atoms with E-state index in [-0.39, 0.29) is 17.0 Å². The van der Waals surface area contributed by atoms with Gasteiger partial charge in [0.15, 0.2) is 0 Å². The molecule has 0 aromatic heterocycles. The number of halogens is 2. The standard InChI is InChI=1S/C12H14ClFO/c1-2-3-10(8-12(13)15)9-4-6-11(14)7-5-9/h4-7,10H,2-3,8H2,1H3. The van der Waals surface area contributed by atoms with Crippen molar-refractivity contribution in [1.29, 1.82) is 0 Å². The third-order valence-electron chi connectivity index (χ3n) is 2.39. The van der Waals surface area contributed by atoms with Gasteiger partial charge in [-0.3, -0.25) is 4.79 Å². The number of hydrogen-bond donors (Lipinski definition) is 0. The Morgan fingerprint density at radius 2 is 2.00 bits per heavy atom. The van der Waals surface area contributed by atoms with Gasteiger partial charge >= 0.3 is 0 Å². The molecule has 0 amide bonds. The second-order valence-electron chi connectivity index (χ2n) is 3.60. The zero-order valence-corrected chi connectivity index (χ0v) is 9.43. The first-order valence-electron chi connectivity index (χ1n) is 5.07. The second-order valence-corrected chi connectivity index (χ2v) is 4.02. The van der Waals surface area contributed by atoms with E-state index >= 15 is 0 Å². The average molecular weight is 229 g/mol. The molecule has 0 spiro atoms. The van der Waals surface area contributed by atoms with Crippen LogP contribution >= 0.6 is 11.6 Å². The molecule has 0 saturated heterocycles. The fourth-order valence-corrected chi connectivity index (χ4v) is 1.85. The SMILES string of the molecule is CCCC(CC(=O)Cl)c1ccc(F)cc1. The van der Waals surface area contributed by atoms with Gasteiger partial charge in [0, 0.05) is 6.42 Å². The predicted octanol–water partition coefficient (Wildman–Crippen LogP) is 3.86. The highest BCUT2D eigenvalue weighted by Crippen LogP contribution is 2.25. The van der Waals surface area contributed by atoms with Crippen molar-refractivity contribution in [2.24, 2.45) is 0 Å². The molecule has 0 fully saturated rings. The van der Waals surface area contributed by atoms with E-state index in [1.165, 1.54) is 12.1 Å². The lowest BCUT2D eigenvalue weighted by Gasteiger charge is -2.14. The molecule has 0 saturated carbocycles. The highest BCUT2D eigenvalue weighted by Gasteiger charge is 2.13. The number of benzene rings is 1. The van der Waals surface area contributed by atoms with E-state index in [0.29, 0.717) is 6.42 Å². The summed E-state index contributed by atoms with van der Waals surface area (Å²) < 4.78 is 12.7. The fourth-order valence-electron chi connectivity index (χ4n) is 1.66. The third kappa shape index (κ3) is 4.00. The minimum atomic E-state index is -0.335. The van der Waals surface area contributed by atoms with Gasteiger partial charge in [-0.25, -0.2) is 4.39 Å². The van der Waals surface area contributed by atoms with Crippen LogP contribution in [0.5, 0.6) is 0 Å². The van der Waals surface area contributed by atoms with Crippen LogP contribution in [-0.4, -0.2) is 5.24 Å². The van der Waals surface area contributed by atoms with E-state index in [4.69, 9.17) is 11.6 Å². The van der Waals surface area contributed by atoms with Gasteiger partial charge in [0.2, 0.25) is 5.24 Å². The fraction of sp³-hybridized carbons (Fsp3) is 0.417. The quantitative estimate of drug-likeness (QED) is 0.700. The van der Waals surface area contributed by atoms with Crippen LogP contribution in [0.4, 0.5) is 4.39 Å². The number of rotatable bonds is 5. The molecule has 1 rings (SSSR count). The molecule has 0 bridgehead atoms. The molecule has 0 aliphatic carbocycles. The lowest BCUT2D eigenvalue weighted by molar-refractivity contribution is -0.112. The van der Waals surface area contributed by atoms with Crippen LogP contribution in [0.3, 0.4) is 0 Å². The molecule has 1 unspecified atom stereocenters. The van der Waals surface area contributed by atoms with Crippen LogP contribution in [0, 0.1) is 5.82 Å². The zero-order valence-electron chi connectivity index (χ0n) is 8.67. The molecule has 1 atom stereocenters. The van der Waals surface area contributed by atoms with Crippen molar-refractivity contribution in [2.75, 3.05) is 0 Å². The van der Waals surface area contributed by atoms with Crippen LogP contribution in [0.25, 0.3) is 0 Å². The lowest BCUT2D eigenvalue weighted by atomic mass is 9.92. The van der Waals surface area contributed by atoms with E-state index in [9.17, 15) is 9.18 Å². The Hall–Kier alpha value is -0.890. The number of hydrogen-bond acceptors (Lipinski definition) is 1. The maximum Gasteiger partial charge on any atom is 0.222 e. The second kappa shape index (κ2) is 5.86. The summed E-state index contributed by atoms with van der Waals surface area (Å²) >= 11 is 5.38. The van der Waals surface area contributed by atoms with Crippen molar-refractivity contribution in [2.45, 2.75) is 32.1 Å². The van der Waals surface area contributed by atoms with Gasteiger partial charge in [-0.15, -0.1) is 0 Å². The molecule has 1 aromatic carbocycles. The Balaban J connectivity index is 2.78. The van der Waals surface area contributed by atoms with Gasteiger partial charge in [-0.2, -0.15) is 0 Å². The van der Waals surface area contributed by atoms with Crippen LogP contribution in [0.2, 0.25) is 0 Å². The molecular weight excluding hydrogens is 215 g/mol. The first-order chi connectivity index (χ1) is 7.13. The van der Waals surface area contributed by atoms with Gasteiger partial charge in [0.1, 0.15) is 5.82 Å². The topological polar surface area (TPSA) is 17.1 Å². The Morgan fingerprint density at radius 1 is 1.40 bits per heavy atom. The molecule has 1 nitrogen and oxygen atoms in total. The number of carbonyl (C=O) groups is 1. The Labute approximate surface area is 94.3 Å². The van der Waals surface area contributed by atoms with Gasteiger partial charge in [0.05, 0.1) is 0 Å². The molecule has 15 heavy (non-hydrogen) atoms. The molecule has 0 aliphatic heterocycles. The Kier molecular flexibility index (Phi) is 4.76. The Bertz CT molecular complexity index is 321. The molecule has 0 N–H and O–H groups in total. The Morgan fingerprint density at radius 3 is 2.47 bits per heavy atom. The summed E-state index contributed by atoms with van der Waals surface area (Å²) in [4.78, 5) is 10.9. The molecule has 0 heterocycles. The predicted molar refractivity (Wildman–Crippen MR) is 59.5 cm³/mol. The highest BCUT2D eigenvalue weighted by atomic mass is 35.5. The maximum absolute atomic E-state index is 12.7. The monoisotopic (exact) mass is 228 g/mol. The highest BCUT2D eigenvalue weighted by molar-refractivity contribution is 6.63. The normalized spacial score (nSPS) is 12.5. The van der Waals surface area contributed by atoms with E-state index in [2.05, 4.69) is 6.92 Å². The van der Waals surface area contributed by atoms with Gasteiger partial charge in [-0.05, 0) is 41.6 Å². The summed E-state index contributed by atoms with van der Waals surface area (Å²) in [6.07, 6.45) is 2.19. The van der Waals surface area contributed by atoms with Crippen molar-refractivity contribution in [3.05, 3.63) is 35.6 Å². The summed E-state index contributed by atoms with van der Waals surface area (Å²) in [6.45, 7) is 2.05. The summed E-state index contributed by atoms with van der Waals surface area (Å²) in [5.74, 6) is -0.146. The molecule has 0 aliphatic rings. The van der Waals surface area contributed by atoms with Crippen LogP contribution in [0.1, 0.15) is 37.7 Å². The maximum atomic E-state index is 12.7. The average Bonchev–Trinajstić information content (AvgIpc) is 2.17. The summed E-state index contributed by atoms with van der Waals surface area (Å²) in [7, 11) is 0. The van der Waals surface area contributed by atoms with Gasteiger partial charge in [0.25, 0.3) is 0 Å². The summed E-state index contributed by atoms with van der Waals surface area (Å²) in [5, 5.41) is -0.335. The first-order valence-corrected chi connectivity index (χ1v) is 5.45. The largest absolute Gasteiger partial charge is 0.281 e. The van der Waals surface area contributed by atoms with Crippen molar-refractivity contribution in [3.63, 3.8) is 0 Å². The summed E-state index contributed by atoms with van der Waals surface area (Å²) in [5.41, 5.74) is 0.979. The van der Waals surface area contributed by atoms with Crippen molar-refractivity contribution >= 4 is 16.8 Å². The zero-order chi connectivity index (χ0) is 11.3. The molecule has 82 valence electrons. The minimum absolute atomic E-state index is 0.112. The van der Waals surface area contributed by atoms with E-state index in [1.807, 2.05) is 0 Å². The van der Waals surface area contributed by atoms with Gasteiger partial charge in [-0.1, -0.05) is 25.5 Å². The smallest absolute Gasteiger partial charge is 0.222 e. The van der Waals surface area contributed by atoms with Gasteiger partial charge < -0.3 is 0 Å². The summed E-state index contributed by atoms with van der Waals surface area (Å²) in [6, 6.07) is 6.26. The molecule has 0 radical (unpaired) electrons. The van der Waals surface area contributed by atoms with E-state index < -0.39 is 0 Å². The lowest BCUT2D eigenvalue weighted by Crippen LogP contribution is -2.02. The number of carbonyl (C=O) groups excluding carboxylic acids is 1. The van der Waals surface area contributed by atoms with E-state index in [0.717, 1.165) is 18.4 Å². The molecular formula is C12H14ClFO. The molecule has 3 heteroatoms. The van der Waals surface area contributed by atoms with Crippen molar-refractivity contribution in [3.8, 4) is 0 Å². The van der Waals surface area contributed by atoms with Crippen molar-refractivity contribution < 1.29 is 9.18 Å². The van der Waals surface area contributed by atoms with E-state index in [1.54, 1.807) is 12.1 Å².